The maximum Gasteiger partial charge on any atom is 0.232 e. The summed E-state index contributed by atoms with van der Waals surface area (Å²) in [4.78, 5) is 11.9. The number of nitrogens with zero attached hydrogens (tertiary/aromatic N) is 1. The monoisotopic (exact) mass is 331 g/mol. The first-order chi connectivity index (χ1) is 9.72. The molecule has 0 aliphatic rings. The zero-order valence-corrected chi connectivity index (χ0v) is 13.8. The maximum absolute atomic E-state index is 12.2. The Labute approximate surface area is 129 Å². The van der Waals surface area contributed by atoms with Crippen molar-refractivity contribution in [2.45, 2.75) is 24.8 Å². The lowest BCUT2D eigenvalue weighted by molar-refractivity contribution is -0.118. The fraction of sp³-hybridized carbons (Fsp3) is 0.462. The van der Waals surface area contributed by atoms with Crippen molar-refractivity contribution in [3.8, 4) is 0 Å². The predicted molar refractivity (Wildman–Crippen MR) is 86.4 cm³/mol. The first-order valence-corrected chi connectivity index (χ1v) is 9.08. The van der Waals surface area contributed by atoms with E-state index in [-0.39, 0.29) is 18.3 Å². The molecule has 0 saturated carbocycles. The van der Waals surface area contributed by atoms with Crippen LogP contribution in [0.2, 0.25) is 0 Å². The topological polar surface area (TPSA) is 106 Å². The summed E-state index contributed by atoms with van der Waals surface area (Å²) >= 11 is 1.41. The Morgan fingerprint density at radius 3 is 2.57 bits per heavy atom. The third-order valence-electron chi connectivity index (χ3n) is 2.71. The Balaban J connectivity index is 2.64. The highest BCUT2D eigenvalue weighted by Gasteiger charge is 2.26. The second-order valence-electron chi connectivity index (χ2n) is 4.84. The first kappa shape index (κ1) is 17.8. The zero-order valence-electron chi connectivity index (χ0n) is 12.2. The van der Waals surface area contributed by atoms with Gasteiger partial charge >= 0.3 is 0 Å². The number of amides is 1. The van der Waals surface area contributed by atoms with Crippen LogP contribution in [-0.2, 0) is 14.8 Å². The Morgan fingerprint density at radius 2 is 2.05 bits per heavy atom. The minimum atomic E-state index is -3.52. The van der Waals surface area contributed by atoms with E-state index in [2.05, 4.69) is 0 Å². The van der Waals surface area contributed by atoms with Gasteiger partial charge in [0.2, 0.25) is 15.9 Å². The molecule has 0 bridgehead atoms. The van der Waals surface area contributed by atoms with Gasteiger partial charge in [-0.25, -0.2) is 8.42 Å². The van der Waals surface area contributed by atoms with Crippen LogP contribution in [0.4, 0.5) is 5.69 Å². The largest absolute Gasteiger partial charge is 0.399 e. The molecular weight excluding hydrogens is 310 g/mol. The number of carbonyl (C=O) groups is 1. The van der Waals surface area contributed by atoms with Crippen LogP contribution in [0.15, 0.2) is 29.2 Å². The minimum Gasteiger partial charge on any atom is -0.399 e. The Bertz CT molecular complexity index is 588. The van der Waals surface area contributed by atoms with Gasteiger partial charge in [-0.15, -0.1) is 11.8 Å². The quantitative estimate of drug-likeness (QED) is 0.543. The van der Waals surface area contributed by atoms with Crippen LogP contribution < -0.4 is 11.5 Å². The molecule has 0 fully saturated rings. The van der Waals surface area contributed by atoms with Crippen molar-refractivity contribution in [3.63, 3.8) is 0 Å². The number of nitrogen functional groups attached to an aromatic ring is 1. The van der Waals surface area contributed by atoms with Gasteiger partial charge in [-0.2, -0.15) is 4.31 Å². The van der Waals surface area contributed by atoms with Gasteiger partial charge in [0.1, 0.15) is 0 Å². The minimum absolute atomic E-state index is 0.0576. The van der Waals surface area contributed by atoms with Crippen LogP contribution in [0, 0.1) is 0 Å². The highest BCUT2D eigenvalue weighted by Crippen LogP contribution is 2.21. The predicted octanol–water partition coefficient (Wildman–Crippen LogP) is 0.886. The summed E-state index contributed by atoms with van der Waals surface area (Å²) in [6.45, 7) is 3.14. The van der Waals surface area contributed by atoms with Crippen LogP contribution in [0.3, 0.4) is 0 Å². The molecule has 1 aromatic carbocycles. The van der Waals surface area contributed by atoms with E-state index in [4.69, 9.17) is 11.5 Å². The van der Waals surface area contributed by atoms with Crippen molar-refractivity contribution in [1.29, 1.82) is 0 Å². The van der Waals surface area contributed by atoms with Gasteiger partial charge in [-0.1, -0.05) is 6.07 Å². The lowest BCUT2D eigenvalue weighted by Gasteiger charge is -2.24. The summed E-state index contributed by atoms with van der Waals surface area (Å²) < 4.78 is 25.6. The summed E-state index contributed by atoms with van der Waals surface area (Å²) in [5, 5.41) is 0. The smallest absolute Gasteiger partial charge is 0.232 e. The summed E-state index contributed by atoms with van der Waals surface area (Å²) in [5.74, 6) is -0.332. The Kier molecular flexibility index (Phi) is 6.50. The molecule has 0 spiro atoms. The molecule has 0 aliphatic carbocycles. The van der Waals surface area contributed by atoms with Crippen LogP contribution in [0.1, 0.15) is 13.8 Å². The van der Waals surface area contributed by atoms with Crippen LogP contribution in [-0.4, -0.2) is 42.7 Å². The van der Waals surface area contributed by atoms with E-state index in [0.29, 0.717) is 11.4 Å². The fourth-order valence-corrected chi connectivity index (χ4v) is 4.75. The van der Waals surface area contributed by atoms with E-state index in [1.54, 1.807) is 26.0 Å². The first-order valence-electron chi connectivity index (χ1n) is 6.48. The van der Waals surface area contributed by atoms with Gasteiger partial charge in [0.05, 0.1) is 12.3 Å². The Morgan fingerprint density at radius 1 is 1.38 bits per heavy atom. The van der Waals surface area contributed by atoms with E-state index in [0.717, 1.165) is 9.20 Å². The number of anilines is 1. The van der Waals surface area contributed by atoms with E-state index >= 15 is 0 Å². The molecule has 21 heavy (non-hydrogen) atoms. The van der Waals surface area contributed by atoms with E-state index < -0.39 is 15.9 Å². The number of nitrogens with two attached hydrogens (primary N) is 2. The average Bonchev–Trinajstić information content (AvgIpc) is 2.35. The number of benzene rings is 1. The molecule has 0 saturated heterocycles. The van der Waals surface area contributed by atoms with Gasteiger partial charge in [0.15, 0.2) is 0 Å². The molecule has 8 heteroatoms. The molecule has 1 rings (SSSR count). The third-order valence-corrected chi connectivity index (χ3v) is 5.95. The van der Waals surface area contributed by atoms with Crippen molar-refractivity contribution < 1.29 is 13.2 Å². The summed E-state index contributed by atoms with van der Waals surface area (Å²) in [6.07, 6.45) is 0. The fourth-order valence-electron chi connectivity index (χ4n) is 1.74. The molecule has 0 aromatic heterocycles. The molecule has 0 unspecified atom stereocenters. The number of primary amides is 1. The molecule has 0 heterocycles. The second kappa shape index (κ2) is 7.67. The lowest BCUT2D eigenvalue weighted by atomic mass is 10.3. The molecule has 0 atom stereocenters. The van der Waals surface area contributed by atoms with E-state index in [9.17, 15) is 13.2 Å². The standard InChI is InChI=1S/C13H21N3O3S2/c1-10(2)16(9-13(15)17)21(18,19)7-6-20-12-5-3-4-11(14)8-12/h3-5,8,10H,6-7,9,14H2,1-2H3,(H2,15,17). The van der Waals surface area contributed by atoms with Crippen molar-refractivity contribution >= 4 is 33.4 Å². The van der Waals surface area contributed by atoms with Crippen LogP contribution >= 0.6 is 11.8 Å². The molecule has 0 aliphatic heterocycles. The number of carbonyl (C=O) groups excluding carboxylic acids is 1. The maximum atomic E-state index is 12.2. The second-order valence-corrected chi connectivity index (χ2v) is 8.05. The van der Waals surface area contributed by atoms with Crippen molar-refractivity contribution in [3.05, 3.63) is 24.3 Å². The molecule has 118 valence electrons. The van der Waals surface area contributed by atoms with Gasteiger partial charge in [-0.05, 0) is 32.0 Å². The average molecular weight is 331 g/mol. The molecular formula is C13H21N3O3S2. The number of thioether (sulfide) groups is 1. The van der Waals surface area contributed by atoms with Gasteiger partial charge in [-0.3, -0.25) is 4.79 Å². The number of sulfonamides is 1. The van der Waals surface area contributed by atoms with Crippen LogP contribution in [0.5, 0.6) is 0 Å². The van der Waals surface area contributed by atoms with Crippen LogP contribution in [0.25, 0.3) is 0 Å². The van der Waals surface area contributed by atoms with Crippen molar-refractivity contribution in [1.82, 2.24) is 4.31 Å². The van der Waals surface area contributed by atoms with Gasteiger partial charge < -0.3 is 11.5 Å². The molecule has 1 amide bonds. The molecule has 6 nitrogen and oxygen atoms in total. The van der Waals surface area contributed by atoms with Crippen molar-refractivity contribution in [2.75, 3.05) is 23.8 Å². The van der Waals surface area contributed by atoms with Crippen molar-refractivity contribution in [2.24, 2.45) is 5.73 Å². The summed E-state index contributed by atoms with van der Waals surface area (Å²) in [5.41, 5.74) is 11.4. The number of rotatable bonds is 8. The molecule has 1 aromatic rings. The highest BCUT2D eigenvalue weighted by atomic mass is 32.2. The zero-order chi connectivity index (χ0) is 16.0. The summed E-state index contributed by atoms with van der Waals surface area (Å²) in [6, 6.07) is 6.95. The SMILES string of the molecule is CC(C)N(CC(N)=O)S(=O)(=O)CCSc1cccc(N)c1. The third kappa shape index (κ3) is 5.94. The van der Waals surface area contributed by atoms with Gasteiger partial charge in [0, 0.05) is 22.4 Å². The molecule has 0 radical (unpaired) electrons. The van der Waals surface area contributed by atoms with E-state index in [1.807, 2.05) is 12.1 Å². The Hall–Kier alpha value is -1.25. The molecule has 4 N–H and O–H groups in total. The normalized spacial score (nSPS) is 12.0. The summed E-state index contributed by atoms with van der Waals surface area (Å²) in [7, 11) is -3.52. The number of hydrogen-bond acceptors (Lipinski definition) is 5. The van der Waals surface area contributed by atoms with Gasteiger partial charge in [0.25, 0.3) is 0 Å². The lowest BCUT2D eigenvalue weighted by Crippen LogP contribution is -2.44. The highest BCUT2D eigenvalue weighted by molar-refractivity contribution is 8.00. The van der Waals surface area contributed by atoms with E-state index in [1.165, 1.54) is 11.8 Å². The number of hydrogen-bond donors (Lipinski definition) is 2.